The van der Waals surface area contributed by atoms with E-state index in [0.717, 1.165) is 0 Å². The zero-order chi connectivity index (χ0) is 15.2. The van der Waals surface area contributed by atoms with E-state index in [1.165, 1.54) is 0 Å². The van der Waals surface area contributed by atoms with Crippen LogP contribution in [0.1, 0.15) is 33.6 Å². The highest BCUT2D eigenvalue weighted by Crippen LogP contribution is 2.27. The second kappa shape index (κ2) is 7.10. The van der Waals surface area contributed by atoms with Crippen LogP contribution < -0.4 is 0 Å². The lowest BCUT2D eigenvalue weighted by atomic mass is 9.99. The molecule has 1 fully saturated rings. The highest BCUT2D eigenvalue weighted by atomic mass is 19.4. The minimum Gasteiger partial charge on any atom is -0.443 e. The fourth-order valence-corrected chi connectivity index (χ4v) is 1.41. The fraction of sp³-hybridized carbons (Fsp3) is 0.727. The third-order valence-corrected chi connectivity index (χ3v) is 2.17. The van der Waals surface area contributed by atoms with Gasteiger partial charge in [0.25, 0.3) is 0 Å². The third kappa shape index (κ3) is 4.53. The maximum atomic E-state index is 11.9. The number of rotatable bonds is 3. The van der Waals surface area contributed by atoms with E-state index in [9.17, 15) is 27.6 Å². The van der Waals surface area contributed by atoms with Crippen molar-refractivity contribution in [3.63, 3.8) is 0 Å². The molecule has 1 rings (SSSR count). The van der Waals surface area contributed by atoms with Gasteiger partial charge in [0.15, 0.2) is 0 Å². The summed E-state index contributed by atoms with van der Waals surface area (Å²) in [6.07, 6.45) is -6.45. The van der Waals surface area contributed by atoms with Crippen molar-refractivity contribution < 1.29 is 37.0 Å². The van der Waals surface area contributed by atoms with Gasteiger partial charge in [-0.3, -0.25) is 4.79 Å². The van der Waals surface area contributed by atoms with Crippen LogP contribution in [0.5, 0.6) is 0 Å². The minimum atomic E-state index is -5.21. The van der Waals surface area contributed by atoms with Crippen molar-refractivity contribution in [2.24, 2.45) is 5.92 Å². The molecule has 1 aliphatic heterocycles. The van der Waals surface area contributed by atoms with Gasteiger partial charge in [-0.1, -0.05) is 27.2 Å². The summed E-state index contributed by atoms with van der Waals surface area (Å²) >= 11 is 0. The van der Waals surface area contributed by atoms with E-state index in [1.54, 1.807) is 6.92 Å². The number of ether oxygens (including phenoxy) is 2. The first-order valence-corrected chi connectivity index (χ1v) is 5.80. The molecule has 0 radical (unpaired) electrons. The number of carbonyl (C=O) groups excluding carboxylic acids is 3. The summed E-state index contributed by atoms with van der Waals surface area (Å²) in [5.41, 5.74) is 0. The van der Waals surface area contributed by atoms with Gasteiger partial charge in [-0.05, 0) is 6.42 Å². The Morgan fingerprint density at radius 3 is 2.21 bits per heavy atom. The zero-order valence-electron chi connectivity index (χ0n) is 10.7. The fourth-order valence-electron chi connectivity index (χ4n) is 1.41. The number of hydrogen-bond donors (Lipinski definition) is 0. The van der Waals surface area contributed by atoms with Gasteiger partial charge in [-0.15, -0.1) is 0 Å². The number of alkyl halides is 3. The molecule has 19 heavy (non-hydrogen) atoms. The Kier molecular flexibility index (Phi) is 6.51. The van der Waals surface area contributed by atoms with Crippen molar-refractivity contribution in [3.05, 3.63) is 0 Å². The molecule has 5 nitrogen and oxygen atoms in total. The second-order valence-electron chi connectivity index (χ2n) is 3.46. The molecule has 8 heteroatoms. The molecule has 1 heterocycles. The van der Waals surface area contributed by atoms with Crippen LogP contribution in [0, 0.1) is 5.92 Å². The van der Waals surface area contributed by atoms with Crippen LogP contribution in [-0.4, -0.2) is 30.2 Å². The highest BCUT2D eigenvalue weighted by Gasteiger charge is 2.51. The van der Waals surface area contributed by atoms with Gasteiger partial charge < -0.3 is 9.47 Å². The summed E-state index contributed by atoms with van der Waals surface area (Å²) in [5.74, 6) is -5.88. The van der Waals surface area contributed by atoms with Gasteiger partial charge in [0.1, 0.15) is 5.92 Å². The van der Waals surface area contributed by atoms with Crippen molar-refractivity contribution in [1.82, 2.24) is 0 Å². The summed E-state index contributed by atoms with van der Waals surface area (Å²) in [5, 5.41) is 0. The molecule has 0 aromatic rings. The molecule has 110 valence electrons. The zero-order valence-corrected chi connectivity index (χ0v) is 10.7. The Morgan fingerprint density at radius 2 is 1.79 bits per heavy atom. The van der Waals surface area contributed by atoms with Gasteiger partial charge in [0.2, 0.25) is 6.10 Å². The lowest BCUT2D eigenvalue weighted by Gasteiger charge is -2.14. The average Bonchev–Trinajstić information content (AvgIpc) is 2.58. The van der Waals surface area contributed by atoms with E-state index in [0.29, 0.717) is 6.42 Å². The Balaban J connectivity index is 0.00000154. The van der Waals surface area contributed by atoms with Gasteiger partial charge in [0.05, 0.1) is 0 Å². The first kappa shape index (κ1) is 17.4. The van der Waals surface area contributed by atoms with Crippen molar-refractivity contribution in [2.75, 3.05) is 0 Å². The summed E-state index contributed by atoms with van der Waals surface area (Å²) in [6.45, 7) is 5.67. The first-order chi connectivity index (χ1) is 8.77. The predicted molar refractivity (Wildman–Crippen MR) is 56.8 cm³/mol. The van der Waals surface area contributed by atoms with E-state index < -0.39 is 36.1 Å². The topological polar surface area (TPSA) is 69.7 Å². The van der Waals surface area contributed by atoms with Crippen LogP contribution >= 0.6 is 0 Å². The molecule has 2 unspecified atom stereocenters. The molecule has 2 atom stereocenters. The third-order valence-electron chi connectivity index (χ3n) is 2.17. The van der Waals surface area contributed by atoms with E-state index in [-0.39, 0.29) is 6.42 Å². The number of hydrogen-bond acceptors (Lipinski definition) is 5. The molecule has 1 saturated heterocycles. The van der Waals surface area contributed by atoms with Crippen molar-refractivity contribution in [2.45, 2.75) is 45.9 Å². The monoisotopic (exact) mass is 284 g/mol. The predicted octanol–water partition coefficient (Wildman–Crippen LogP) is 1.99. The van der Waals surface area contributed by atoms with Crippen LogP contribution in [0.15, 0.2) is 0 Å². The molecule has 0 aromatic carbocycles. The van der Waals surface area contributed by atoms with E-state index in [4.69, 9.17) is 0 Å². The van der Waals surface area contributed by atoms with Crippen LogP contribution in [0.4, 0.5) is 13.2 Å². The first-order valence-electron chi connectivity index (χ1n) is 5.80. The second-order valence-corrected chi connectivity index (χ2v) is 3.46. The van der Waals surface area contributed by atoms with Crippen LogP contribution in [0.3, 0.4) is 0 Å². The molecule has 1 aliphatic rings. The largest absolute Gasteiger partial charge is 0.490 e. The number of halogens is 3. The number of carbonyl (C=O) groups is 3. The van der Waals surface area contributed by atoms with E-state index >= 15 is 0 Å². The van der Waals surface area contributed by atoms with Gasteiger partial charge >= 0.3 is 24.1 Å². The van der Waals surface area contributed by atoms with Crippen molar-refractivity contribution in [1.29, 1.82) is 0 Å². The summed E-state index contributed by atoms with van der Waals surface area (Å²) < 4.78 is 43.9. The molecule has 0 aromatic heterocycles. The Bertz CT molecular complexity index is 351. The van der Waals surface area contributed by atoms with Crippen LogP contribution in [0.25, 0.3) is 0 Å². The lowest BCUT2D eigenvalue weighted by Crippen LogP contribution is -2.35. The van der Waals surface area contributed by atoms with Crippen LogP contribution in [0.2, 0.25) is 0 Å². The number of cyclic esters (lactones) is 2. The Labute approximate surface area is 108 Å². The molecular weight excluding hydrogens is 269 g/mol. The summed E-state index contributed by atoms with van der Waals surface area (Å²) in [4.78, 5) is 32.7. The standard InChI is InChI=1S/C9H9F3O5.C2H6/c1-2-3-4-5(7(14)17-6(4)13)16-8(15)9(10,11)12;1-2/h4-5H,2-3H2,1H3;1-2H3. The molecular formula is C11H15F3O5. The average molecular weight is 284 g/mol. The maximum Gasteiger partial charge on any atom is 0.490 e. The molecule has 0 bridgehead atoms. The SMILES string of the molecule is CC.CCCC1C(=O)OC(=O)C1OC(=O)C(F)(F)F. The molecule has 0 amide bonds. The normalized spacial score (nSPS) is 22.4. The minimum absolute atomic E-state index is 0.111. The van der Waals surface area contributed by atoms with Crippen LogP contribution in [-0.2, 0) is 23.9 Å². The van der Waals surface area contributed by atoms with E-state index in [2.05, 4.69) is 9.47 Å². The van der Waals surface area contributed by atoms with Gasteiger partial charge in [-0.2, -0.15) is 13.2 Å². The maximum absolute atomic E-state index is 11.9. The van der Waals surface area contributed by atoms with Gasteiger partial charge in [-0.25, -0.2) is 9.59 Å². The molecule has 0 spiro atoms. The van der Waals surface area contributed by atoms with E-state index in [1.807, 2.05) is 13.8 Å². The Hall–Kier alpha value is -1.60. The summed E-state index contributed by atoms with van der Waals surface area (Å²) in [6, 6.07) is 0. The Morgan fingerprint density at radius 1 is 1.26 bits per heavy atom. The van der Waals surface area contributed by atoms with Gasteiger partial charge in [0, 0.05) is 0 Å². The smallest absolute Gasteiger partial charge is 0.443 e. The molecule has 0 N–H and O–H groups in total. The number of esters is 3. The van der Waals surface area contributed by atoms with Crippen molar-refractivity contribution in [3.8, 4) is 0 Å². The quantitative estimate of drug-likeness (QED) is 0.585. The van der Waals surface area contributed by atoms with Crippen molar-refractivity contribution >= 4 is 17.9 Å². The molecule has 0 saturated carbocycles. The summed E-state index contributed by atoms with van der Waals surface area (Å²) in [7, 11) is 0. The molecule has 0 aliphatic carbocycles. The lowest BCUT2D eigenvalue weighted by molar-refractivity contribution is -0.206. The highest BCUT2D eigenvalue weighted by molar-refractivity contribution is 5.99.